The number of sulfone groups is 1. The molecule has 1 saturated heterocycles. The van der Waals surface area contributed by atoms with Crippen molar-refractivity contribution in [2.24, 2.45) is 10.9 Å². The molecule has 0 aliphatic carbocycles. The van der Waals surface area contributed by atoms with E-state index in [9.17, 15) is 8.42 Å². The molecule has 1 aliphatic rings. The van der Waals surface area contributed by atoms with Crippen LogP contribution in [0.1, 0.15) is 26.7 Å². The summed E-state index contributed by atoms with van der Waals surface area (Å²) in [6, 6.07) is 0. The molecule has 0 amide bonds. The Kier molecular flexibility index (Phi) is 11.4. The second-order valence-electron chi connectivity index (χ2n) is 5.65. The van der Waals surface area contributed by atoms with Gasteiger partial charge in [-0.1, -0.05) is 6.92 Å². The standard InChI is InChI=1S/C14H29N3O3S.HI/c1-4-15-14(17-8-5-13(2)6-9-17)16-7-10-20-11-12-21(3,18)19;/h13H,4-12H2,1-3H3,(H,15,16);1H. The number of guanidine groups is 1. The lowest BCUT2D eigenvalue weighted by atomic mass is 10.00. The predicted octanol–water partition coefficient (Wildman–Crippen LogP) is 1.36. The number of ether oxygens (including phenoxy) is 1. The molecule has 6 nitrogen and oxygen atoms in total. The van der Waals surface area contributed by atoms with E-state index in [1.54, 1.807) is 0 Å². The van der Waals surface area contributed by atoms with Crippen LogP contribution in [0.5, 0.6) is 0 Å². The maximum Gasteiger partial charge on any atom is 0.193 e. The average Bonchev–Trinajstić information content (AvgIpc) is 2.41. The van der Waals surface area contributed by atoms with Gasteiger partial charge in [0.15, 0.2) is 5.96 Å². The number of aliphatic imine (C=N–C) groups is 1. The van der Waals surface area contributed by atoms with E-state index in [1.807, 2.05) is 0 Å². The first-order valence-electron chi connectivity index (χ1n) is 7.71. The van der Waals surface area contributed by atoms with Gasteiger partial charge in [0, 0.05) is 25.9 Å². The van der Waals surface area contributed by atoms with Crippen LogP contribution in [0.2, 0.25) is 0 Å². The van der Waals surface area contributed by atoms with Crippen molar-refractivity contribution in [3.05, 3.63) is 0 Å². The van der Waals surface area contributed by atoms with Gasteiger partial charge in [-0.05, 0) is 25.7 Å². The highest BCUT2D eigenvalue weighted by Gasteiger charge is 2.18. The quantitative estimate of drug-likeness (QED) is 0.276. The van der Waals surface area contributed by atoms with Crippen molar-refractivity contribution in [3.63, 3.8) is 0 Å². The molecule has 1 rings (SSSR count). The van der Waals surface area contributed by atoms with Crippen LogP contribution in [0, 0.1) is 5.92 Å². The first-order valence-corrected chi connectivity index (χ1v) is 9.77. The van der Waals surface area contributed by atoms with E-state index >= 15 is 0 Å². The van der Waals surface area contributed by atoms with Crippen molar-refractivity contribution < 1.29 is 13.2 Å². The van der Waals surface area contributed by atoms with E-state index in [2.05, 4.69) is 29.1 Å². The lowest BCUT2D eigenvalue weighted by Crippen LogP contribution is -2.45. The Balaban J connectivity index is 0.00000441. The summed E-state index contributed by atoms with van der Waals surface area (Å²) in [5.41, 5.74) is 0. The van der Waals surface area contributed by atoms with Crippen molar-refractivity contribution in [1.29, 1.82) is 0 Å². The lowest BCUT2D eigenvalue weighted by Gasteiger charge is -2.33. The molecule has 1 fully saturated rings. The van der Waals surface area contributed by atoms with Crippen LogP contribution in [0.15, 0.2) is 4.99 Å². The van der Waals surface area contributed by atoms with Crippen molar-refractivity contribution in [3.8, 4) is 0 Å². The summed E-state index contributed by atoms with van der Waals surface area (Å²) < 4.78 is 27.2. The largest absolute Gasteiger partial charge is 0.378 e. The summed E-state index contributed by atoms with van der Waals surface area (Å²) in [5.74, 6) is 1.81. The Morgan fingerprint density at radius 3 is 2.50 bits per heavy atom. The highest BCUT2D eigenvalue weighted by Crippen LogP contribution is 2.15. The lowest BCUT2D eigenvalue weighted by molar-refractivity contribution is 0.156. The third-order valence-corrected chi connectivity index (χ3v) is 4.42. The van der Waals surface area contributed by atoms with Gasteiger partial charge < -0.3 is 15.0 Å². The molecule has 0 spiro atoms. The molecule has 0 saturated carbocycles. The summed E-state index contributed by atoms with van der Waals surface area (Å²) in [7, 11) is -2.94. The Morgan fingerprint density at radius 1 is 1.32 bits per heavy atom. The SMILES string of the molecule is CCNC(=NCCOCCS(C)(=O)=O)N1CCC(C)CC1.I. The number of likely N-dealkylation sites (tertiary alicyclic amines) is 1. The number of piperidine rings is 1. The zero-order chi connectivity index (χ0) is 15.7. The van der Waals surface area contributed by atoms with Gasteiger partial charge in [0.25, 0.3) is 0 Å². The van der Waals surface area contributed by atoms with Crippen LogP contribution in [0.4, 0.5) is 0 Å². The Labute approximate surface area is 152 Å². The third kappa shape index (κ3) is 9.83. The van der Waals surface area contributed by atoms with Crippen molar-refractivity contribution >= 4 is 39.8 Å². The number of nitrogens with zero attached hydrogens (tertiary/aromatic N) is 2. The minimum Gasteiger partial charge on any atom is -0.378 e. The van der Waals surface area contributed by atoms with E-state index in [1.165, 1.54) is 19.1 Å². The van der Waals surface area contributed by atoms with Gasteiger partial charge in [-0.15, -0.1) is 24.0 Å². The molecule has 1 N–H and O–H groups in total. The minimum absolute atomic E-state index is 0. The molecule has 0 aromatic rings. The van der Waals surface area contributed by atoms with Gasteiger partial charge in [-0.3, -0.25) is 4.99 Å². The highest BCUT2D eigenvalue weighted by molar-refractivity contribution is 14.0. The molecule has 0 bridgehead atoms. The molecule has 0 unspecified atom stereocenters. The molecule has 22 heavy (non-hydrogen) atoms. The van der Waals surface area contributed by atoms with Crippen LogP contribution < -0.4 is 5.32 Å². The van der Waals surface area contributed by atoms with Gasteiger partial charge in [0.05, 0.1) is 25.5 Å². The molecule has 0 aromatic heterocycles. The van der Waals surface area contributed by atoms with E-state index in [0.717, 1.165) is 31.5 Å². The summed E-state index contributed by atoms with van der Waals surface area (Å²) in [6.07, 6.45) is 3.62. The topological polar surface area (TPSA) is 71.0 Å². The van der Waals surface area contributed by atoms with Crippen molar-refractivity contribution in [2.45, 2.75) is 26.7 Å². The van der Waals surface area contributed by atoms with E-state index in [4.69, 9.17) is 4.74 Å². The van der Waals surface area contributed by atoms with E-state index in [-0.39, 0.29) is 36.3 Å². The van der Waals surface area contributed by atoms with Crippen molar-refractivity contribution in [1.82, 2.24) is 10.2 Å². The smallest absolute Gasteiger partial charge is 0.193 e. The predicted molar refractivity (Wildman–Crippen MR) is 102 cm³/mol. The maximum atomic E-state index is 11.0. The van der Waals surface area contributed by atoms with Gasteiger partial charge in [0.1, 0.15) is 9.84 Å². The van der Waals surface area contributed by atoms with Crippen LogP contribution >= 0.6 is 24.0 Å². The zero-order valence-electron chi connectivity index (χ0n) is 13.9. The molecule has 0 atom stereocenters. The summed E-state index contributed by atoms with van der Waals surface area (Å²) in [5, 5.41) is 3.31. The number of hydrogen-bond donors (Lipinski definition) is 1. The Hall–Kier alpha value is -0.0900. The molecular formula is C14H30IN3O3S. The molecule has 0 aromatic carbocycles. The highest BCUT2D eigenvalue weighted by atomic mass is 127. The normalized spacial score (nSPS) is 17.2. The molecule has 0 radical (unpaired) electrons. The summed E-state index contributed by atoms with van der Waals surface area (Å²) >= 11 is 0. The fourth-order valence-electron chi connectivity index (χ4n) is 2.17. The molecule has 132 valence electrons. The number of hydrogen-bond acceptors (Lipinski definition) is 4. The summed E-state index contributed by atoms with van der Waals surface area (Å²) in [4.78, 5) is 6.84. The first kappa shape index (κ1) is 21.9. The first-order chi connectivity index (χ1) is 9.92. The third-order valence-electron chi connectivity index (χ3n) is 3.51. The van der Waals surface area contributed by atoms with Gasteiger partial charge >= 0.3 is 0 Å². The van der Waals surface area contributed by atoms with Crippen molar-refractivity contribution in [2.75, 3.05) is 51.4 Å². The fourth-order valence-corrected chi connectivity index (χ4v) is 2.60. The van der Waals surface area contributed by atoms with Gasteiger partial charge in [-0.25, -0.2) is 8.42 Å². The number of nitrogens with one attached hydrogen (secondary N) is 1. The minimum atomic E-state index is -2.94. The Morgan fingerprint density at radius 2 is 1.95 bits per heavy atom. The molecule has 8 heteroatoms. The van der Waals surface area contributed by atoms with Gasteiger partial charge in [0.2, 0.25) is 0 Å². The second-order valence-corrected chi connectivity index (χ2v) is 7.91. The zero-order valence-corrected chi connectivity index (χ0v) is 17.0. The van der Waals surface area contributed by atoms with Crippen LogP contribution in [0.25, 0.3) is 0 Å². The van der Waals surface area contributed by atoms with E-state index in [0.29, 0.717) is 13.2 Å². The number of halogens is 1. The second kappa shape index (κ2) is 11.4. The van der Waals surface area contributed by atoms with Crippen LogP contribution in [-0.4, -0.2) is 70.7 Å². The molecule has 1 heterocycles. The van der Waals surface area contributed by atoms with E-state index < -0.39 is 9.84 Å². The monoisotopic (exact) mass is 447 g/mol. The Bertz CT molecular complexity index is 421. The summed E-state index contributed by atoms with van der Waals surface area (Å²) in [6.45, 7) is 8.53. The van der Waals surface area contributed by atoms with Crippen LogP contribution in [-0.2, 0) is 14.6 Å². The van der Waals surface area contributed by atoms with Gasteiger partial charge in [-0.2, -0.15) is 0 Å². The molecular weight excluding hydrogens is 417 g/mol. The van der Waals surface area contributed by atoms with Crippen LogP contribution in [0.3, 0.4) is 0 Å². The maximum absolute atomic E-state index is 11.0. The molecule has 1 aliphatic heterocycles. The fraction of sp³-hybridized carbons (Fsp3) is 0.929. The average molecular weight is 447 g/mol. The number of rotatable bonds is 7.